The molecule has 0 saturated carbocycles. The van der Waals surface area contributed by atoms with Crippen molar-refractivity contribution in [2.45, 2.75) is 6.04 Å². The highest BCUT2D eigenvalue weighted by molar-refractivity contribution is 6.51. The first-order chi connectivity index (χ1) is 18.2. The number of anilines is 2. The number of hydrogen-bond donors (Lipinski definition) is 1. The van der Waals surface area contributed by atoms with Crippen molar-refractivity contribution in [2.24, 2.45) is 0 Å². The molecule has 4 rings (SSSR count). The third-order valence-electron chi connectivity index (χ3n) is 6.40. The van der Waals surface area contributed by atoms with Gasteiger partial charge in [-0.2, -0.15) is 0 Å². The van der Waals surface area contributed by atoms with Gasteiger partial charge in [-0.15, -0.1) is 0 Å². The molecule has 0 radical (unpaired) electrons. The first-order valence-corrected chi connectivity index (χ1v) is 11.7. The number of benzene rings is 3. The average Bonchev–Trinajstić information content (AvgIpc) is 3.21. The van der Waals surface area contributed by atoms with Gasteiger partial charge in [-0.3, -0.25) is 14.5 Å². The van der Waals surface area contributed by atoms with Gasteiger partial charge < -0.3 is 24.2 Å². The van der Waals surface area contributed by atoms with Crippen LogP contribution in [0, 0.1) is 0 Å². The highest BCUT2D eigenvalue weighted by Gasteiger charge is 2.47. The zero-order valence-corrected chi connectivity index (χ0v) is 21.7. The first-order valence-electron chi connectivity index (χ1n) is 11.7. The van der Waals surface area contributed by atoms with Crippen LogP contribution < -0.4 is 19.3 Å². The molecule has 1 amide bonds. The number of ketones is 1. The molecule has 3 aromatic rings. The number of carbonyl (C=O) groups excluding carboxylic acids is 3. The molecule has 1 aliphatic heterocycles. The first kappa shape index (κ1) is 26.3. The van der Waals surface area contributed by atoms with Gasteiger partial charge in [0, 0.05) is 25.5 Å². The summed E-state index contributed by atoms with van der Waals surface area (Å²) in [5, 5.41) is 11.6. The zero-order valence-electron chi connectivity index (χ0n) is 21.7. The Morgan fingerprint density at radius 3 is 1.95 bits per heavy atom. The Kier molecular flexibility index (Phi) is 7.38. The van der Waals surface area contributed by atoms with Crippen molar-refractivity contribution in [3.63, 3.8) is 0 Å². The fourth-order valence-corrected chi connectivity index (χ4v) is 4.46. The minimum Gasteiger partial charge on any atom is -0.506 e. The van der Waals surface area contributed by atoms with Crippen LogP contribution in [0.5, 0.6) is 11.5 Å². The van der Waals surface area contributed by atoms with E-state index in [-0.39, 0.29) is 22.6 Å². The van der Waals surface area contributed by atoms with Gasteiger partial charge in [0.25, 0.3) is 11.7 Å². The summed E-state index contributed by atoms with van der Waals surface area (Å²) in [5.74, 6) is -2.10. The van der Waals surface area contributed by atoms with E-state index in [1.54, 1.807) is 42.5 Å². The molecule has 0 aromatic heterocycles. The molecule has 1 heterocycles. The number of carbonyl (C=O) groups is 3. The maximum Gasteiger partial charge on any atom is 0.337 e. The van der Waals surface area contributed by atoms with Gasteiger partial charge in [0.2, 0.25) is 0 Å². The van der Waals surface area contributed by atoms with Gasteiger partial charge in [-0.25, -0.2) is 4.79 Å². The summed E-state index contributed by atoms with van der Waals surface area (Å²) in [5.41, 5.74) is 2.21. The van der Waals surface area contributed by atoms with Gasteiger partial charge in [0.1, 0.15) is 22.8 Å². The number of Topliss-reactive ketones (excluding diaryl/α,β-unsaturated/α-hetero) is 1. The second-order valence-corrected chi connectivity index (χ2v) is 8.73. The summed E-state index contributed by atoms with van der Waals surface area (Å²) in [6.07, 6.45) is 0. The van der Waals surface area contributed by atoms with Crippen molar-refractivity contribution >= 4 is 34.8 Å². The normalized spacial score (nSPS) is 16.3. The summed E-state index contributed by atoms with van der Waals surface area (Å²) in [6, 6.07) is 17.4. The quantitative estimate of drug-likeness (QED) is 0.216. The number of aliphatic hydroxyl groups excluding tert-OH is 1. The van der Waals surface area contributed by atoms with Crippen LogP contribution >= 0.6 is 0 Å². The van der Waals surface area contributed by atoms with Crippen molar-refractivity contribution in [3.05, 3.63) is 89.0 Å². The van der Waals surface area contributed by atoms with Crippen LogP contribution in [0.4, 0.5) is 11.4 Å². The van der Waals surface area contributed by atoms with E-state index >= 15 is 0 Å². The Morgan fingerprint density at radius 2 is 1.45 bits per heavy atom. The number of ether oxygens (including phenoxy) is 3. The number of aliphatic hydroxyl groups is 1. The number of methoxy groups -OCH3 is 3. The molecule has 38 heavy (non-hydrogen) atoms. The zero-order chi connectivity index (χ0) is 27.6. The molecule has 0 spiro atoms. The monoisotopic (exact) mass is 516 g/mol. The molecule has 0 aliphatic carbocycles. The molecule has 9 heteroatoms. The number of nitrogens with zero attached hydrogens (tertiary/aromatic N) is 2. The summed E-state index contributed by atoms with van der Waals surface area (Å²) < 4.78 is 15.6. The third kappa shape index (κ3) is 4.54. The van der Waals surface area contributed by atoms with Crippen LogP contribution in [0.15, 0.2) is 72.3 Å². The predicted molar refractivity (Wildman–Crippen MR) is 143 cm³/mol. The predicted octanol–water partition coefficient (Wildman–Crippen LogP) is 4.18. The summed E-state index contributed by atoms with van der Waals surface area (Å²) in [7, 11) is 7.95. The molecule has 9 nitrogen and oxygen atoms in total. The van der Waals surface area contributed by atoms with Gasteiger partial charge >= 0.3 is 5.97 Å². The van der Waals surface area contributed by atoms with Gasteiger partial charge in [-0.1, -0.05) is 18.2 Å². The molecular weight excluding hydrogens is 488 g/mol. The van der Waals surface area contributed by atoms with Crippen molar-refractivity contribution in [1.29, 1.82) is 0 Å². The van der Waals surface area contributed by atoms with Crippen LogP contribution in [0.3, 0.4) is 0 Å². The summed E-state index contributed by atoms with van der Waals surface area (Å²) >= 11 is 0. The van der Waals surface area contributed by atoms with Gasteiger partial charge in [-0.05, 0) is 54.1 Å². The van der Waals surface area contributed by atoms with E-state index in [1.807, 2.05) is 31.1 Å². The van der Waals surface area contributed by atoms with Crippen molar-refractivity contribution in [3.8, 4) is 11.5 Å². The molecule has 3 aromatic carbocycles. The number of rotatable bonds is 7. The van der Waals surface area contributed by atoms with E-state index in [1.165, 1.54) is 38.4 Å². The fourth-order valence-electron chi connectivity index (χ4n) is 4.46. The van der Waals surface area contributed by atoms with Crippen LogP contribution in [0.25, 0.3) is 5.76 Å². The summed E-state index contributed by atoms with van der Waals surface area (Å²) in [4.78, 5) is 42.1. The van der Waals surface area contributed by atoms with Crippen molar-refractivity contribution < 1.29 is 33.7 Å². The maximum absolute atomic E-state index is 13.5. The van der Waals surface area contributed by atoms with Crippen LogP contribution in [0.2, 0.25) is 0 Å². The molecule has 1 unspecified atom stereocenters. The van der Waals surface area contributed by atoms with E-state index in [0.717, 1.165) is 5.69 Å². The largest absolute Gasteiger partial charge is 0.506 e. The lowest BCUT2D eigenvalue weighted by Crippen LogP contribution is -2.29. The maximum atomic E-state index is 13.5. The lowest BCUT2D eigenvalue weighted by molar-refractivity contribution is -0.132. The van der Waals surface area contributed by atoms with E-state index in [9.17, 15) is 19.5 Å². The Morgan fingerprint density at radius 1 is 0.868 bits per heavy atom. The van der Waals surface area contributed by atoms with E-state index in [0.29, 0.717) is 16.8 Å². The minimum atomic E-state index is -0.968. The van der Waals surface area contributed by atoms with Crippen LogP contribution in [0.1, 0.15) is 27.5 Å². The molecular formula is C29H28N2O7. The number of hydrogen-bond acceptors (Lipinski definition) is 8. The Bertz CT molecular complexity index is 1390. The van der Waals surface area contributed by atoms with E-state index < -0.39 is 29.5 Å². The molecule has 0 bridgehead atoms. The number of amides is 1. The lowest BCUT2D eigenvalue weighted by atomic mass is 9.94. The van der Waals surface area contributed by atoms with E-state index in [4.69, 9.17) is 14.2 Å². The van der Waals surface area contributed by atoms with Crippen LogP contribution in [-0.2, 0) is 14.3 Å². The Labute approximate surface area is 220 Å². The van der Waals surface area contributed by atoms with Gasteiger partial charge in [0.15, 0.2) is 0 Å². The second kappa shape index (κ2) is 10.7. The van der Waals surface area contributed by atoms with Crippen LogP contribution in [-0.4, -0.2) is 58.2 Å². The SMILES string of the molecule is COC(=O)c1ccc(N2C(=O)C(=O)/C(=C(/O)c3c(OC)cccc3OC)C2c2ccc(N(C)C)cc2)cc1. The standard InChI is InChI=1S/C29H28N2O7/c1-30(2)19-13-9-17(10-14-19)25-24(26(32)23-21(36-3)7-6-8-22(23)37-4)27(33)28(34)31(25)20-15-11-18(12-16-20)29(35)38-5/h6-16,25,32H,1-5H3/b26-24+. The number of esters is 1. The highest BCUT2D eigenvalue weighted by Crippen LogP contribution is 2.45. The molecule has 1 aliphatic rings. The fraction of sp³-hybridized carbons (Fsp3) is 0.207. The van der Waals surface area contributed by atoms with E-state index in [2.05, 4.69) is 0 Å². The average molecular weight is 517 g/mol. The Balaban J connectivity index is 1.96. The minimum absolute atomic E-state index is 0.118. The molecule has 196 valence electrons. The molecule has 1 atom stereocenters. The lowest BCUT2D eigenvalue weighted by Gasteiger charge is -2.26. The van der Waals surface area contributed by atoms with Crippen molar-refractivity contribution in [1.82, 2.24) is 0 Å². The molecule has 1 saturated heterocycles. The smallest absolute Gasteiger partial charge is 0.337 e. The third-order valence-corrected chi connectivity index (χ3v) is 6.40. The molecule has 1 N–H and O–H groups in total. The topological polar surface area (TPSA) is 106 Å². The van der Waals surface area contributed by atoms with Crippen molar-refractivity contribution in [2.75, 3.05) is 45.2 Å². The van der Waals surface area contributed by atoms with Gasteiger partial charge in [0.05, 0.1) is 38.5 Å². The highest BCUT2D eigenvalue weighted by atomic mass is 16.5. The second-order valence-electron chi connectivity index (χ2n) is 8.73. The summed E-state index contributed by atoms with van der Waals surface area (Å²) in [6.45, 7) is 0. The Hall–Kier alpha value is -4.79. The molecule has 1 fully saturated rings.